The van der Waals surface area contributed by atoms with Crippen molar-refractivity contribution in [2.24, 2.45) is 10.7 Å². The fraction of sp³-hybridized carbons (Fsp3) is 0.222. The number of aliphatic imine (C=N–C) groups is 1. The molecule has 1 aliphatic rings. The van der Waals surface area contributed by atoms with E-state index in [-0.39, 0.29) is 0 Å². The topological polar surface area (TPSA) is 50.4 Å². The highest BCUT2D eigenvalue weighted by atomic mass is 79.9. The van der Waals surface area contributed by atoms with E-state index in [0.717, 1.165) is 22.0 Å². The molecular weight excluding hydrogens is 310 g/mol. The van der Waals surface area contributed by atoms with Crippen molar-refractivity contribution in [2.45, 2.75) is 0 Å². The lowest BCUT2D eigenvalue weighted by Crippen LogP contribution is -2.26. The van der Waals surface area contributed by atoms with Gasteiger partial charge in [0.15, 0.2) is 5.96 Å². The van der Waals surface area contributed by atoms with Gasteiger partial charge in [-0.2, -0.15) is 0 Å². The van der Waals surface area contributed by atoms with Crippen LogP contribution in [0.15, 0.2) is 38.2 Å². The van der Waals surface area contributed by atoms with Crippen LogP contribution in [0.4, 0.5) is 0 Å². The van der Waals surface area contributed by atoms with Crippen LogP contribution in [0, 0.1) is 0 Å². The number of hydrogen-bond donors (Lipinski definition) is 2. The van der Waals surface area contributed by atoms with Crippen molar-refractivity contribution in [3.63, 3.8) is 0 Å². The van der Waals surface area contributed by atoms with Gasteiger partial charge in [-0.15, -0.1) is 0 Å². The van der Waals surface area contributed by atoms with Crippen LogP contribution in [0.5, 0.6) is 0 Å². The maximum atomic E-state index is 5.17. The number of rotatable bonds is 0. The van der Waals surface area contributed by atoms with Crippen LogP contribution in [0.3, 0.4) is 0 Å². The Kier molecular flexibility index (Phi) is 4.97. The smallest absolute Gasteiger partial charge is 0.188 e. The normalized spacial score (nSPS) is 13.7. The second-order valence-electron chi connectivity index (χ2n) is 2.63. The molecule has 0 unspecified atom stereocenters. The first-order valence-electron chi connectivity index (χ1n) is 4.13. The predicted octanol–water partition coefficient (Wildman–Crippen LogP) is 2.12. The Morgan fingerprint density at radius 1 is 1.29 bits per heavy atom. The largest absolute Gasteiger partial charge is 0.370 e. The molecule has 0 spiro atoms. The molecule has 0 fully saturated rings. The molecular formula is C9H11Br2N3. The van der Waals surface area contributed by atoms with Crippen LogP contribution < -0.4 is 11.1 Å². The summed E-state index contributed by atoms with van der Waals surface area (Å²) in [4.78, 5) is 3.82. The van der Waals surface area contributed by atoms with Gasteiger partial charge in [-0.25, -0.2) is 0 Å². The molecule has 0 saturated carbocycles. The maximum Gasteiger partial charge on any atom is 0.188 e. The zero-order chi connectivity index (χ0) is 10.4. The van der Waals surface area contributed by atoms with E-state index in [0.29, 0.717) is 5.96 Å². The number of nitrogens with zero attached hydrogens (tertiary/aromatic N) is 1. The number of guanidine groups is 1. The molecule has 0 radical (unpaired) electrons. The van der Waals surface area contributed by atoms with Gasteiger partial charge in [-0.3, -0.25) is 4.99 Å². The summed E-state index contributed by atoms with van der Waals surface area (Å²) in [6.07, 6.45) is 0. The van der Waals surface area contributed by atoms with E-state index in [9.17, 15) is 0 Å². The van der Waals surface area contributed by atoms with Gasteiger partial charge in [0.05, 0.1) is 6.54 Å². The molecule has 0 aromatic heterocycles. The molecule has 76 valence electrons. The molecule has 3 nitrogen and oxygen atoms in total. The minimum Gasteiger partial charge on any atom is -0.370 e. The van der Waals surface area contributed by atoms with Crippen LogP contribution >= 0.6 is 31.9 Å². The summed E-state index contributed by atoms with van der Waals surface area (Å²) in [7, 11) is 0. The van der Waals surface area contributed by atoms with Crippen LogP contribution in [-0.2, 0) is 0 Å². The van der Waals surface area contributed by atoms with E-state index >= 15 is 0 Å². The third-order valence-corrected chi connectivity index (χ3v) is 2.47. The monoisotopic (exact) mass is 319 g/mol. The third kappa shape index (κ3) is 4.62. The summed E-state index contributed by atoms with van der Waals surface area (Å²) in [5.74, 6) is 0.579. The summed E-state index contributed by atoms with van der Waals surface area (Å²) in [6, 6.07) is 7.96. The van der Waals surface area contributed by atoms with Crippen molar-refractivity contribution < 1.29 is 0 Å². The molecule has 0 aliphatic carbocycles. The lowest BCUT2D eigenvalue weighted by atomic mass is 10.4. The number of benzene rings is 1. The van der Waals surface area contributed by atoms with Crippen molar-refractivity contribution in [1.29, 1.82) is 0 Å². The molecule has 1 heterocycles. The molecule has 5 heteroatoms. The fourth-order valence-electron chi connectivity index (χ4n) is 0.876. The van der Waals surface area contributed by atoms with Crippen molar-refractivity contribution in [3.05, 3.63) is 33.2 Å². The van der Waals surface area contributed by atoms with Gasteiger partial charge in [0.1, 0.15) is 0 Å². The molecule has 1 aromatic rings. The highest BCUT2D eigenvalue weighted by Gasteiger charge is 1.94. The lowest BCUT2D eigenvalue weighted by molar-refractivity contribution is 0.957. The molecule has 1 aliphatic heterocycles. The van der Waals surface area contributed by atoms with E-state index < -0.39 is 0 Å². The van der Waals surface area contributed by atoms with Gasteiger partial charge in [-0.1, -0.05) is 37.9 Å². The summed E-state index contributed by atoms with van der Waals surface area (Å²) in [6.45, 7) is 1.75. The van der Waals surface area contributed by atoms with Crippen LogP contribution in [0.25, 0.3) is 0 Å². The molecule has 14 heavy (non-hydrogen) atoms. The number of nitrogens with two attached hydrogens (primary N) is 1. The van der Waals surface area contributed by atoms with Crippen LogP contribution in [0.1, 0.15) is 0 Å². The van der Waals surface area contributed by atoms with E-state index in [4.69, 9.17) is 5.73 Å². The Morgan fingerprint density at radius 2 is 1.93 bits per heavy atom. The first-order valence-corrected chi connectivity index (χ1v) is 5.72. The highest BCUT2D eigenvalue weighted by molar-refractivity contribution is 9.11. The zero-order valence-corrected chi connectivity index (χ0v) is 10.7. The Hall–Kier alpha value is -0.550. The van der Waals surface area contributed by atoms with Gasteiger partial charge >= 0.3 is 0 Å². The standard InChI is InChI=1S/C6H4Br2.C3H7N3/c7-5-2-1-3-6(8)4-5;4-3-5-1-2-6-3/h1-4H;1-2H2,(H3,4,5,6). The van der Waals surface area contributed by atoms with Crippen molar-refractivity contribution in [3.8, 4) is 0 Å². The first kappa shape index (κ1) is 11.5. The van der Waals surface area contributed by atoms with Crippen molar-refractivity contribution in [1.82, 2.24) is 5.32 Å². The van der Waals surface area contributed by atoms with Gasteiger partial charge in [0.2, 0.25) is 0 Å². The maximum absolute atomic E-state index is 5.17. The number of nitrogens with one attached hydrogen (secondary N) is 1. The van der Waals surface area contributed by atoms with Crippen molar-refractivity contribution >= 4 is 37.8 Å². The van der Waals surface area contributed by atoms with Crippen LogP contribution in [-0.4, -0.2) is 19.0 Å². The summed E-state index contributed by atoms with van der Waals surface area (Å²) >= 11 is 6.66. The van der Waals surface area contributed by atoms with Gasteiger partial charge in [0, 0.05) is 15.5 Å². The Labute approximate surface area is 100 Å². The Bertz CT molecular complexity index is 308. The first-order chi connectivity index (χ1) is 6.68. The molecule has 3 N–H and O–H groups in total. The average Bonchev–Trinajstić information content (AvgIpc) is 2.56. The lowest BCUT2D eigenvalue weighted by Gasteiger charge is -1.87. The second kappa shape index (κ2) is 6.03. The van der Waals surface area contributed by atoms with E-state index in [1.54, 1.807) is 0 Å². The molecule has 0 amide bonds. The minimum absolute atomic E-state index is 0.579. The zero-order valence-electron chi connectivity index (χ0n) is 7.50. The SMILES string of the molecule is Brc1cccc(Br)c1.NC1=NCCN1. The van der Waals surface area contributed by atoms with Gasteiger partial charge in [-0.05, 0) is 18.2 Å². The highest BCUT2D eigenvalue weighted by Crippen LogP contribution is 2.15. The van der Waals surface area contributed by atoms with Gasteiger partial charge in [0.25, 0.3) is 0 Å². The summed E-state index contributed by atoms with van der Waals surface area (Å²) in [5, 5.41) is 2.85. The van der Waals surface area contributed by atoms with E-state index in [1.165, 1.54) is 0 Å². The van der Waals surface area contributed by atoms with Crippen molar-refractivity contribution in [2.75, 3.05) is 13.1 Å². The molecule has 0 saturated heterocycles. The Morgan fingerprint density at radius 3 is 2.14 bits per heavy atom. The predicted molar refractivity (Wildman–Crippen MR) is 66.3 cm³/mol. The quantitative estimate of drug-likeness (QED) is 0.769. The minimum atomic E-state index is 0.579. The fourth-order valence-corrected chi connectivity index (χ4v) is 1.98. The molecule has 1 aromatic carbocycles. The van der Waals surface area contributed by atoms with E-state index in [1.807, 2.05) is 24.3 Å². The van der Waals surface area contributed by atoms with Gasteiger partial charge < -0.3 is 11.1 Å². The number of halogens is 2. The summed E-state index contributed by atoms with van der Waals surface area (Å²) < 4.78 is 2.21. The molecule has 0 bridgehead atoms. The molecule has 0 atom stereocenters. The van der Waals surface area contributed by atoms with E-state index in [2.05, 4.69) is 42.2 Å². The second-order valence-corrected chi connectivity index (χ2v) is 4.46. The van der Waals surface area contributed by atoms with Crippen LogP contribution in [0.2, 0.25) is 0 Å². The number of hydrogen-bond acceptors (Lipinski definition) is 3. The summed E-state index contributed by atoms with van der Waals surface area (Å²) in [5.41, 5.74) is 5.17. The Balaban J connectivity index is 0.000000146. The third-order valence-electron chi connectivity index (χ3n) is 1.49. The average molecular weight is 321 g/mol. The molecule has 2 rings (SSSR count).